The zero-order valence-electron chi connectivity index (χ0n) is 12.9. The van der Waals surface area contributed by atoms with E-state index >= 15 is 0 Å². The Morgan fingerprint density at radius 1 is 1.22 bits per heavy atom. The summed E-state index contributed by atoms with van der Waals surface area (Å²) in [5, 5.41) is 10.6. The van der Waals surface area contributed by atoms with Gasteiger partial charge in [-0.25, -0.2) is 5.43 Å². The van der Waals surface area contributed by atoms with Crippen LogP contribution in [0.1, 0.15) is 42.1 Å². The van der Waals surface area contributed by atoms with Crippen molar-refractivity contribution >= 4 is 35.1 Å². The number of carbonyl (C=O) groups excluding carboxylic acids is 2. The van der Waals surface area contributed by atoms with Gasteiger partial charge in [-0.3, -0.25) is 9.59 Å². The molecule has 0 aliphatic carbocycles. The van der Waals surface area contributed by atoms with Crippen LogP contribution in [0, 0.1) is 0 Å². The van der Waals surface area contributed by atoms with Crippen molar-refractivity contribution in [2.24, 2.45) is 5.10 Å². The van der Waals surface area contributed by atoms with E-state index in [2.05, 4.69) is 15.8 Å². The van der Waals surface area contributed by atoms with Crippen LogP contribution in [0.15, 0.2) is 46.2 Å². The molecule has 0 radical (unpaired) electrons. The molecule has 23 heavy (non-hydrogen) atoms. The number of unbranched alkanes of at least 4 members (excludes halogenated alkanes) is 1. The van der Waals surface area contributed by atoms with Crippen LogP contribution >= 0.6 is 11.3 Å². The molecule has 6 heteroatoms. The molecule has 2 amide bonds. The van der Waals surface area contributed by atoms with Gasteiger partial charge in [0.2, 0.25) is 5.91 Å². The molecule has 0 bridgehead atoms. The van der Waals surface area contributed by atoms with Crippen molar-refractivity contribution in [2.45, 2.75) is 26.2 Å². The Labute approximate surface area is 139 Å². The van der Waals surface area contributed by atoms with Crippen LogP contribution in [-0.2, 0) is 4.79 Å². The minimum absolute atomic E-state index is 0.00980. The fraction of sp³-hybridized carbons (Fsp3) is 0.235. The number of amides is 2. The molecule has 2 N–H and O–H groups in total. The van der Waals surface area contributed by atoms with Crippen molar-refractivity contribution in [3.8, 4) is 0 Å². The number of hydrogen-bond donors (Lipinski definition) is 2. The maximum Gasteiger partial charge on any atom is 0.271 e. The lowest BCUT2D eigenvalue weighted by atomic mass is 10.2. The van der Waals surface area contributed by atoms with E-state index in [4.69, 9.17) is 0 Å². The maximum absolute atomic E-state index is 11.9. The van der Waals surface area contributed by atoms with Crippen molar-refractivity contribution in [3.63, 3.8) is 0 Å². The van der Waals surface area contributed by atoms with Crippen LogP contribution in [0.25, 0.3) is 0 Å². The summed E-state index contributed by atoms with van der Waals surface area (Å²) in [4.78, 5) is 23.6. The van der Waals surface area contributed by atoms with Crippen LogP contribution in [0.2, 0.25) is 0 Å². The molecule has 1 aromatic heterocycles. The Hall–Kier alpha value is -2.47. The van der Waals surface area contributed by atoms with E-state index in [1.807, 2.05) is 23.8 Å². The molecular weight excluding hydrogens is 310 g/mol. The lowest BCUT2D eigenvalue weighted by Gasteiger charge is -2.05. The molecule has 0 aliphatic heterocycles. The number of hydrazone groups is 1. The van der Waals surface area contributed by atoms with Crippen LogP contribution in [-0.4, -0.2) is 18.0 Å². The summed E-state index contributed by atoms with van der Waals surface area (Å²) in [5.74, 6) is -0.301. The van der Waals surface area contributed by atoms with Crippen molar-refractivity contribution in [2.75, 3.05) is 5.32 Å². The summed E-state index contributed by atoms with van der Waals surface area (Å²) in [6.07, 6.45) is 3.96. The van der Waals surface area contributed by atoms with Crippen molar-refractivity contribution < 1.29 is 9.59 Å². The van der Waals surface area contributed by atoms with Crippen LogP contribution < -0.4 is 10.7 Å². The van der Waals surface area contributed by atoms with Crippen molar-refractivity contribution in [1.82, 2.24) is 5.43 Å². The summed E-state index contributed by atoms with van der Waals surface area (Å²) in [7, 11) is 0. The van der Waals surface area contributed by atoms with Gasteiger partial charge in [0.05, 0.1) is 6.21 Å². The molecule has 2 rings (SSSR count). The Morgan fingerprint density at radius 2 is 2.00 bits per heavy atom. The van der Waals surface area contributed by atoms with Crippen LogP contribution in [0.4, 0.5) is 5.69 Å². The monoisotopic (exact) mass is 329 g/mol. The SMILES string of the molecule is CCCCC(=O)Nc1ccc(C(=O)NN=Cc2ccsc2)cc1. The van der Waals surface area contributed by atoms with Gasteiger partial charge in [-0.05, 0) is 47.5 Å². The highest BCUT2D eigenvalue weighted by Crippen LogP contribution is 2.10. The second kappa shape index (κ2) is 8.85. The summed E-state index contributed by atoms with van der Waals surface area (Å²) < 4.78 is 0. The predicted molar refractivity (Wildman–Crippen MR) is 94.0 cm³/mol. The topological polar surface area (TPSA) is 70.6 Å². The first-order chi connectivity index (χ1) is 11.2. The predicted octanol–water partition coefficient (Wildman–Crippen LogP) is 3.64. The maximum atomic E-state index is 11.9. The Kier molecular flexibility index (Phi) is 6.50. The number of anilines is 1. The van der Waals surface area contributed by atoms with Gasteiger partial charge in [0, 0.05) is 23.2 Å². The molecule has 0 aliphatic rings. The molecule has 0 fully saturated rings. The number of carbonyl (C=O) groups is 2. The Bertz CT molecular complexity index is 664. The Morgan fingerprint density at radius 3 is 2.65 bits per heavy atom. The lowest BCUT2D eigenvalue weighted by molar-refractivity contribution is -0.116. The standard InChI is InChI=1S/C17H19N3O2S/c1-2-3-4-16(21)19-15-7-5-14(6-8-15)17(22)20-18-11-13-9-10-23-12-13/h5-12H,2-4H2,1H3,(H,19,21)(H,20,22). The van der Waals surface area contributed by atoms with Crippen molar-refractivity contribution in [1.29, 1.82) is 0 Å². The fourth-order valence-electron chi connectivity index (χ4n) is 1.84. The highest BCUT2D eigenvalue weighted by molar-refractivity contribution is 7.08. The van der Waals surface area contributed by atoms with Gasteiger partial charge in [-0.15, -0.1) is 0 Å². The third-order valence-electron chi connectivity index (χ3n) is 3.11. The summed E-state index contributed by atoms with van der Waals surface area (Å²) in [6.45, 7) is 2.04. The first-order valence-electron chi connectivity index (χ1n) is 7.44. The van der Waals surface area contributed by atoms with E-state index in [0.29, 0.717) is 17.7 Å². The highest BCUT2D eigenvalue weighted by atomic mass is 32.1. The van der Waals surface area contributed by atoms with Gasteiger partial charge >= 0.3 is 0 Å². The zero-order valence-corrected chi connectivity index (χ0v) is 13.7. The molecule has 0 saturated heterocycles. The number of nitrogens with zero attached hydrogens (tertiary/aromatic N) is 1. The first kappa shape index (κ1) is 16.9. The van der Waals surface area contributed by atoms with Gasteiger partial charge in [-0.2, -0.15) is 16.4 Å². The van der Waals surface area contributed by atoms with E-state index in [0.717, 1.165) is 18.4 Å². The summed E-state index contributed by atoms with van der Waals surface area (Å²) in [6, 6.07) is 8.65. The number of nitrogens with one attached hydrogen (secondary N) is 2. The van der Waals surface area contributed by atoms with Crippen LogP contribution in [0.5, 0.6) is 0 Å². The number of benzene rings is 1. The molecule has 0 saturated carbocycles. The average Bonchev–Trinajstić information content (AvgIpc) is 3.07. The summed E-state index contributed by atoms with van der Waals surface area (Å²) >= 11 is 1.57. The smallest absolute Gasteiger partial charge is 0.271 e. The van der Waals surface area contributed by atoms with Crippen LogP contribution in [0.3, 0.4) is 0 Å². The normalized spacial score (nSPS) is 10.7. The second-order valence-corrected chi connectivity index (χ2v) is 5.76. The quantitative estimate of drug-likeness (QED) is 0.601. The minimum atomic E-state index is -0.291. The van der Waals surface area contributed by atoms with Gasteiger partial charge in [-0.1, -0.05) is 13.3 Å². The molecule has 0 atom stereocenters. The molecule has 2 aromatic rings. The fourth-order valence-corrected chi connectivity index (χ4v) is 2.46. The van der Waals surface area contributed by atoms with Gasteiger partial charge < -0.3 is 5.32 Å². The molecule has 120 valence electrons. The zero-order chi connectivity index (χ0) is 16.5. The average molecular weight is 329 g/mol. The number of rotatable bonds is 7. The lowest BCUT2D eigenvalue weighted by Crippen LogP contribution is -2.17. The van der Waals surface area contributed by atoms with E-state index in [1.165, 1.54) is 0 Å². The third-order valence-corrected chi connectivity index (χ3v) is 3.81. The largest absolute Gasteiger partial charge is 0.326 e. The summed E-state index contributed by atoms with van der Waals surface area (Å²) in [5.41, 5.74) is 4.59. The minimum Gasteiger partial charge on any atom is -0.326 e. The van der Waals surface area contributed by atoms with Gasteiger partial charge in [0.25, 0.3) is 5.91 Å². The molecule has 1 heterocycles. The first-order valence-corrected chi connectivity index (χ1v) is 8.39. The van der Waals surface area contributed by atoms with E-state index in [-0.39, 0.29) is 11.8 Å². The number of hydrogen-bond acceptors (Lipinski definition) is 4. The highest BCUT2D eigenvalue weighted by Gasteiger charge is 2.05. The molecule has 1 aromatic carbocycles. The third kappa shape index (κ3) is 5.67. The molecular formula is C17H19N3O2S. The van der Waals surface area contributed by atoms with E-state index in [9.17, 15) is 9.59 Å². The molecule has 0 spiro atoms. The van der Waals surface area contributed by atoms with E-state index < -0.39 is 0 Å². The van der Waals surface area contributed by atoms with Gasteiger partial charge in [0.1, 0.15) is 0 Å². The number of thiophene rings is 1. The van der Waals surface area contributed by atoms with Gasteiger partial charge in [0.15, 0.2) is 0 Å². The molecule has 0 unspecified atom stereocenters. The second-order valence-electron chi connectivity index (χ2n) is 4.98. The Balaban J connectivity index is 1.86. The van der Waals surface area contributed by atoms with E-state index in [1.54, 1.807) is 41.8 Å². The molecule has 5 nitrogen and oxygen atoms in total. The van der Waals surface area contributed by atoms with Crippen molar-refractivity contribution in [3.05, 3.63) is 52.2 Å².